The zero-order valence-electron chi connectivity index (χ0n) is 14.3. The predicted molar refractivity (Wildman–Crippen MR) is 87.5 cm³/mol. The van der Waals surface area contributed by atoms with Gasteiger partial charge in [0.05, 0.1) is 18.4 Å². The Kier molecular flexibility index (Phi) is 5.67. The molecule has 2 heterocycles. The van der Waals surface area contributed by atoms with Crippen molar-refractivity contribution in [2.24, 2.45) is 5.92 Å². The van der Waals surface area contributed by atoms with Gasteiger partial charge in [0.1, 0.15) is 6.54 Å². The highest BCUT2D eigenvalue weighted by Crippen LogP contribution is 2.05. The molecule has 0 aromatic carbocycles. The molecule has 0 aliphatic carbocycles. The second-order valence-corrected chi connectivity index (χ2v) is 6.08. The third kappa shape index (κ3) is 4.90. The zero-order chi connectivity index (χ0) is 17.7. The Morgan fingerprint density at radius 3 is 2.79 bits per heavy atom. The molecule has 1 amide bonds. The van der Waals surface area contributed by atoms with E-state index in [0.717, 1.165) is 11.1 Å². The molecule has 0 aliphatic rings. The van der Waals surface area contributed by atoms with E-state index in [0.29, 0.717) is 23.3 Å². The zero-order valence-corrected chi connectivity index (χ0v) is 14.3. The first kappa shape index (κ1) is 17.6. The van der Waals surface area contributed by atoms with Crippen molar-refractivity contribution in [1.29, 1.82) is 0 Å². The van der Waals surface area contributed by atoms with E-state index in [9.17, 15) is 9.59 Å². The summed E-state index contributed by atoms with van der Waals surface area (Å²) in [5.41, 5.74) is 0.341. The van der Waals surface area contributed by atoms with Gasteiger partial charge in [-0.15, -0.1) is 0 Å². The summed E-state index contributed by atoms with van der Waals surface area (Å²) in [6.07, 6.45) is 2.25. The topological polar surface area (TPSA) is 106 Å². The van der Waals surface area contributed by atoms with Gasteiger partial charge in [-0.2, -0.15) is 10.1 Å². The van der Waals surface area contributed by atoms with Crippen LogP contribution in [0.5, 0.6) is 0 Å². The van der Waals surface area contributed by atoms with Gasteiger partial charge in [-0.1, -0.05) is 19.0 Å². The second kappa shape index (κ2) is 7.71. The molecule has 0 spiro atoms. The number of hydrogen-bond acceptors (Lipinski definition) is 7. The van der Waals surface area contributed by atoms with Gasteiger partial charge in [0, 0.05) is 26.6 Å². The first-order valence-corrected chi connectivity index (χ1v) is 7.68. The fraction of sp³-hybridized carbons (Fsp3) is 0.533. The lowest BCUT2D eigenvalue weighted by Crippen LogP contribution is -2.33. The SMILES string of the molecule is CC(C)Cc1noc(CNC(=O)Cn2ncc(N(C)C)cc2=O)n1. The minimum absolute atomic E-state index is 0.120. The number of aromatic nitrogens is 4. The molecule has 2 aromatic heterocycles. The van der Waals surface area contributed by atoms with E-state index < -0.39 is 0 Å². The number of carbonyl (C=O) groups is 1. The predicted octanol–water partition coefficient (Wildman–Crippen LogP) is 0.207. The molecule has 0 bridgehead atoms. The number of nitrogens with zero attached hydrogens (tertiary/aromatic N) is 5. The maximum Gasteiger partial charge on any atom is 0.269 e. The summed E-state index contributed by atoms with van der Waals surface area (Å²) < 4.78 is 6.16. The molecule has 2 aromatic rings. The van der Waals surface area contributed by atoms with Crippen molar-refractivity contribution in [3.05, 3.63) is 34.3 Å². The Labute approximate surface area is 139 Å². The number of hydrogen-bond donors (Lipinski definition) is 1. The van der Waals surface area contributed by atoms with Crippen LogP contribution in [0, 0.1) is 5.92 Å². The van der Waals surface area contributed by atoms with Crippen molar-refractivity contribution in [1.82, 2.24) is 25.2 Å². The standard InChI is InChI=1S/C15H22N6O3/c1-10(2)5-12-18-14(24-19-12)8-16-13(22)9-21-15(23)6-11(7-17-21)20(3)4/h6-7,10H,5,8-9H2,1-4H3,(H,16,22). The van der Waals surface area contributed by atoms with E-state index in [1.807, 2.05) is 14.1 Å². The summed E-state index contributed by atoms with van der Waals surface area (Å²) in [6, 6.07) is 1.43. The minimum atomic E-state index is -0.356. The van der Waals surface area contributed by atoms with Crippen molar-refractivity contribution in [3.8, 4) is 0 Å². The average Bonchev–Trinajstić information content (AvgIpc) is 2.93. The van der Waals surface area contributed by atoms with E-state index in [1.54, 1.807) is 4.90 Å². The van der Waals surface area contributed by atoms with Crippen LogP contribution < -0.4 is 15.8 Å². The lowest BCUT2D eigenvalue weighted by molar-refractivity contribution is -0.122. The van der Waals surface area contributed by atoms with Gasteiger partial charge in [0.15, 0.2) is 5.82 Å². The quantitative estimate of drug-likeness (QED) is 0.771. The number of nitrogens with one attached hydrogen (secondary N) is 1. The summed E-state index contributed by atoms with van der Waals surface area (Å²) >= 11 is 0. The van der Waals surface area contributed by atoms with Crippen LogP contribution in [0.15, 0.2) is 21.6 Å². The molecule has 0 saturated heterocycles. The molecule has 0 saturated carbocycles. The maximum atomic E-state index is 11.9. The van der Waals surface area contributed by atoms with Crippen molar-refractivity contribution in [2.45, 2.75) is 33.4 Å². The fourth-order valence-corrected chi connectivity index (χ4v) is 1.96. The van der Waals surface area contributed by atoms with Crippen LogP contribution in [0.4, 0.5) is 5.69 Å². The summed E-state index contributed by atoms with van der Waals surface area (Å²) in [6.45, 7) is 4.07. The summed E-state index contributed by atoms with van der Waals surface area (Å²) in [7, 11) is 3.62. The van der Waals surface area contributed by atoms with Gasteiger partial charge in [-0.25, -0.2) is 4.68 Å². The van der Waals surface area contributed by atoms with Gasteiger partial charge in [-0.05, 0) is 5.92 Å². The van der Waals surface area contributed by atoms with Gasteiger partial charge in [-0.3, -0.25) is 9.59 Å². The van der Waals surface area contributed by atoms with Crippen LogP contribution in [-0.2, 0) is 24.3 Å². The Morgan fingerprint density at radius 1 is 1.42 bits per heavy atom. The van der Waals surface area contributed by atoms with Crippen LogP contribution in [0.3, 0.4) is 0 Å². The molecule has 130 valence electrons. The van der Waals surface area contributed by atoms with E-state index in [2.05, 4.69) is 34.4 Å². The normalized spacial score (nSPS) is 10.9. The number of amides is 1. The second-order valence-electron chi connectivity index (χ2n) is 6.08. The summed E-state index contributed by atoms with van der Waals surface area (Å²) in [5, 5.41) is 10.5. The van der Waals surface area contributed by atoms with Gasteiger partial charge >= 0.3 is 0 Å². The molecule has 0 aliphatic heterocycles. The largest absolute Gasteiger partial charge is 0.376 e. The van der Waals surface area contributed by atoms with Crippen LogP contribution in [-0.4, -0.2) is 39.9 Å². The van der Waals surface area contributed by atoms with E-state index in [1.165, 1.54) is 12.3 Å². The van der Waals surface area contributed by atoms with E-state index in [4.69, 9.17) is 4.52 Å². The molecule has 9 heteroatoms. The third-order valence-electron chi connectivity index (χ3n) is 3.20. The van der Waals surface area contributed by atoms with E-state index >= 15 is 0 Å². The van der Waals surface area contributed by atoms with Crippen molar-refractivity contribution in [2.75, 3.05) is 19.0 Å². The van der Waals surface area contributed by atoms with Crippen LogP contribution in [0.25, 0.3) is 0 Å². The third-order valence-corrected chi connectivity index (χ3v) is 3.20. The monoisotopic (exact) mass is 334 g/mol. The lowest BCUT2D eigenvalue weighted by Gasteiger charge is -2.12. The first-order chi connectivity index (χ1) is 11.3. The maximum absolute atomic E-state index is 11.9. The summed E-state index contributed by atoms with van der Waals surface area (Å²) in [5.74, 6) is 1.02. The fourth-order valence-electron chi connectivity index (χ4n) is 1.96. The van der Waals surface area contributed by atoms with Crippen molar-refractivity contribution >= 4 is 11.6 Å². The highest BCUT2D eigenvalue weighted by atomic mass is 16.5. The van der Waals surface area contributed by atoms with Gasteiger partial charge in [0.2, 0.25) is 11.8 Å². The average molecular weight is 334 g/mol. The molecule has 0 radical (unpaired) electrons. The number of carbonyl (C=O) groups excluding carboxylic acids is 1. The van der Waals surface area contributed by atoms with Crippen molar-refractivity contribution in [3.63, 3.8) is 0 Å². The molecule has 1 N–H and O–H groups in total. The molecular formula is C15H22N6O3. The van der Waals surface area contributed by atoms with Crippen LogP contribution in [0.2, 0.25) is 0 Å². The summed E-state index contributed by atoms with van der Waals surface area (Å²) in [4.78, 5) is 29.8. The highest BCUT2D eigenvalue weighted by molar-refractivity contribution is 5.75. The molecule has 0 unspecified atom stereocenters. The molecule has 0 atom stereocenters. The van der Waals surface area contributed by atoms with E-state index in [-0.39, 0.29) is 24.6 Å². The van der Waals surface area contributed by atoms with Crippen molar-refractivity contribution < 1.29 is 9.32 Å². The van der Waals surface area contributed by atoms with Gasteiger partial charge < -0.3 is 14.7 Å². The first-order valence-electron chi connectivity index (χ1n) is 7.68. The molecule has 24 heavy (non-hydrogen) atoms. The molecule has 9 nitrogen and oxygen atoms in total. The van der Waals surface area contributed by atoms with Crippen LogP contribution >= 0.6 is 0 Å². The smallest absolute Gasteiger partial charge is 0.269 e. The Morgan fingerprint density at radius 2 is 2.17 bits per heavy atom. The minimum Gasteiger partial charge on any atom is -0.376 e. The molecular weight excluding hydrogens is 312 g/mol. The number of anilines is 1. The molecule has 0 fully saturated rings. The highest BCUT2D eigenvalue weighted by Gasteiger charge is 2.11. The van der Waals surface area contributed by atoms with Crippen LogP contribution in [0.1, 0.15) is 25.6 Å². The Hall–Kier alpha value is -2.71. The molecule has 2 rings (SSSR count). The lowest BCUT2D eigenvalue weighted by atomic mass is 10.1. The van der Waals surface area contributed by atoms with Gasteiger partial charge in [0.25, 0.3) is 5.56 Å². The Bertz CT molecular complexity index is 750. The Balaban J connectivity index is 1.89. The number of rotatable bonds is 7.